The average Bonchev–Trinajstić information content (AvgIpc) is 3.55. The molecule has 0 amide bonds. The number of carbonyl (C=O) groups excluding carboxylic acids is 1. The van der Waals surface area contributed by atoms with Gasteiger partial charge in [-0.1, -0.05) is 65.0 Å². The molecule has 2 saturated heterocycles. The summed E-state index contributed by atoms with van der Waals surface area (Å²) in [7, 11) is -2.89. The summed E-state index contributed by atoms with van der Waals surface area (Å²) in [6.45, 7) is 22.8. The summed E-state index contributed by atoms with van der Waals surface area (Å²) >= 11 is 0. The van der Waals surface area contributed by atoms with Crippen molar-refractivity contribution in [1.29, 1.82) is 0 Å². The Morgan fingerprint density at radius 3 is 2.32 bits per heavy atom. The van der Waals surface area contributed by atoms with Gasteiger partial charge in [0.2, 0.25) is 6.29 Å². The highest BCUT2D eigenvalue weighted by molar-refractivity contribution is 7.91. The van der Waals surface area contributed by atoms with Gasteiger partial charge in [-0.25, -0.2) is 18.0 Å². The number of allylic oxidation sites excluding steroid dienone is 3. The molecule has 326 valence electrons. The Hall–Kier alpha value is -2.57. The zero-order chi connectivity index (χ0) is 42.3. The number of rotatable bonds is 9. The summed E-state index contributed by atoms with van der Waals surface area (Å²) in [5.41, 5.74) is 4.81. The molecule has 12 atom stereocenters. The molecule has 7 aliphatic rings. The van der Waals surface area contributed by atoms with Crippen LogP contribution in [0.25, 0.3) is 5.57 Å². The molecule has 1 aromatic carbocycles. The number of nitrogens with zero attached hydrogens (tertiary/aromatic N) is 1. The van der Waals surface area contributed by atoms with Crippen LogP contribution >= 0.6 is 0 Å². The Balaban J connectivity index is 0.988. The monoisotopic (exact) mass is 834 g/mol. The summed E-state index contributed by atoms with van der Waals surface area (Å²) in [5, 5.41) is 23.7. The number of hydrogen-bond donors (Lipinski definition) is 3. The van der Waals surface area contributed by atoms with E-state index in [4.69, 9.17) is 9.47 Å². The van der Waals surface area contributed by atoms with Crippen LogP contribution in [0.2, 0.25) is 0 Å². The van der Waals surface area contributed by atoms with Crippen molar-refractivity contribution in [2.75, 3.05) is 37.7 Å². The van der Waals surface area contributed by atoms with E-state index in [1.54, 1.807) is 12.1 Å². The van der Waals surface area contributed by atoms with Gasteiger partial charge in [-0.2, -0.15) is 0 Å². The van der Waals surface area contributed by atoms with E-state index >= 15 is 0 Å². The van der Waals surface area contributed by atoms with Crippen molar-refractivity contribution < 1.29 is 37.7 Å². The van der Waals surface area contributed by atoms with Crippen LogP contribution in [0.3, 0.4) is 0 Å². The molecule has 0 radical (unpaired) electrons. The van der Waals surface area contributed by atoms with Gasteiger partial charge in [0, 0.05) is 44.6 Å². The third kappa shape index (κ3) is 7.28. The summed E-state index contributed by atoms with van der Waals surface area (Å²) < 4.78 is 35.1. The number of ether oxygens (including phenoxy) is 2. The molecule has 2 aliphatic heterocycles. The maximum Gasteiger partial charge on any atom is 0.340 e. The van der Waals surface area contributed by atoms with Crippen LogP contribution in [0, 0.1) is 51.2 Å². The number of carbonyl (C=O) groups is 2. The molecule has 5 aliphatic carbocycles. The van der Waals surface area contributed by atoms with Crippen LogP contribution in [-0.2, 0) is 24.1 Å². The molecular formula is C48H70N2O8S. The lowest BCUT2D eigenvalue weighted by Gasteiger charge is -2.72. The second-order valence-corrected chi connectivity index (χ2v) is 23.6. The second kappa shape index (κ2) is 15.4. The molecular weight excluding hydrogens is 765 g/mol. The summed E-state index contributed by atoms with van der Waals surface area (Å²) in [4.78, 5) is 26.9. The predicted octanol–water partition coefficient (Wildman–Crippen LogP) is 7.52. The Morgan fingerprint density at radius 1 is 0.932 bits per heavy atom. The lowest BCUT2D eigenvalue weighted by atomic mass is 9.33. The van der Waals surface area contributed by atoms with Crippen molar-refractivity contribution >= 4 is 27.3 Å². The van der Waals surface area contributed by atoms with Crippen molar-refractivity contribution in [2.24, 2.45) is 51.2 Å². The predicted molar refractivity (Wildman–Crippen MR) is 229 cm³/mol. The van der Waals surface area contributed by atoms with E-state index in [0.717, 1.165) is 25.1 Å². The molecule has 11 heteroatoms. The fraction of sp³-hybridized carbons (Fsp3) is 0.750. The van der Waals surface area contributed by atoms with Crippen molar-refractivity contribution in [3.8, 4) is 0 Å². The first kappa shape index (κ1) is 43.1. The van der Waals surface area contributed by atoms with Crippen molar-refractivity contribution in [3.63, 3.8) is 0 Å². The van der Waals surface area contributed by atoms with E-state index in [2.05, 4.69) is 64.4 Å². The summed E-state index contributed by atoms with van der Waals surface area (Å²) in [5.74, 6) is 1.65. The fourth-order valence-corrected chi connectivity index (χ4v) is 16.3. The smallest absolute Gasteiger partial charge is 0.340 e. The maximum absolute atomic E-state index is 13.1. The van der Waals surface area contributed by atoms with Crippen LogP contribution in [0.15, 0.2) is 42.5 Å². The number of aliphatic carboxylic acids is 1. The second-order valence-electron chi connectivity index (χ2n) is 21.3. The normalized spacial score (nSPS) is 42.6. The van der Waals surface area contributed by atoms with Crippen LogP contribution < -0.4 is 5.32 Å². The van der Waals surface area contributed by atoms with E-state index < -0.39 is 40.3 Å². The first-order valence-corrected chi connectivity index (χ1v) is 24.5. The van der Waals surface area contributed by atoms with E-state index in [0.29, 0.717) is 48.2 Å². The highest BCUT2D eigenvalue weighted by Gasteiger charge is 2.70. The Kier molecular flexibility index (Phi) is 11.2. The fourth-order valence-electron chi connectivity index (χ4n) is 15.1. The van der Waals surface area contributed by atoms with Crippen molar-refractivity contribution in [3.05, 3.63) is 53.6 Å². The first-order valence-electron chi connectivity index (χ1n) is 22.6. The molecule has 1 aromatic rings. The molecule has 6 fully saturated rings. The van der Waals surface area contributed by atoms with Crippen LogP contribution in [0.4, 0.5) is 0 Å². The van der Waals surface area contributed by atoms with Gasteiger partial charge in [-0.15, -0.1) is 0 Å². The van der Waals surface area contributed by atoms with E-state index in [1.807, 2.05) is 12.1 Å². The number of fused-ring (bicyclic) bond motifs is 7. The Bertz CT molecular complexity index is 1950. The van der Waals surface area contributed by atoms with Gasteiger partial charge >= 0.3 is 11.9 Å². The van der Waals surface area contributed by atoms with Crippen LogP contribution in [-0.4, -0.2) is 97.2 Å². The number of carboxylic acid groups (broad SMARTS) is 1. The number of benzene rings is 1. The first-order chi connectivity index (χ1) is 27.7. The van der Waals surface area contributed by atoms with Crippen molar-refractivity contribution in [1.82, 2.24) is 10.2 Å². The number of aliphatic hydroxyl groups excluding tert-OH is 1. The van der Waals surface area contributed by atoms with Crippen molar-refractivity contribution in [2.45, 2.75) is 136 Å². The minimum Gasteiger partial charge on any atom is -0.479 e. The topological polar surface area (TPSA) is 142 Å². The van der Waals surface area contributed by atoms with Gasteiger partial charge in [-0.3, -0.25) is 0 Å². The lowest BCUT2D eigenvalue weighted by molar-refractivity contribution is -0.219. The maximum atomic E-state index is 13.1. The number of carboxylic acids is 1. The minimum atomic E-state index is -2.89. The number of hydrogen-bond acceptors (Lipinski definition) is 9. The zero-order valence-corrected chi connectivity index (χ0v) is 37.2. The molecule has 3 N–H and O–H groups in total. The van der Waals surface area contributed by atoms with Gasteiger partial charge in [0.1, 0.15) is 0 Å². The number of sulfone groups is 1. The van der Waals surface area contributed by atoms with Gasteiger partial charge in [0.25, 0.3) is 0 Å². The molecule has 0 aromatic heterocycles. The number of nitrogens with one attached hydrogen (secondary N) is 1. The SMILES string of the molecule is C=C(C)C1CCC2(NCCN3CCS(=O)(=O)CC3)CCC3(C)C(CCC4C5(C)CC=C(c6ccc(C(=O)OC7CC(O)CC(C(=O)O)O7)cc6)C(C)(C)C5CCC43C)C12. The molecule has 8 rings (SSSR count). The quantitative estimate of drug-likeness (QED) is 0.169. The largest absolute Gasteiger partial charge is 0.479 e. The third-order valence-electron chi connectivity index (χ3n) is 18.2. The Morgan fingerprint density at radius 2 is 1.64 bits per heavy atom. The summed E-state index contributed by atoms with van der Waals surface area (Å²) in [6.07, 6.45) is 10.1. The van der Waals surface area contributed by atoms with Crippen LogP contribution in [0.1, 0.15) is 128 Å². The lowest BCUT2D eigenvalue weighted by Crippen LogP contribution is -2.68. The minimum absolute atomic E-state index is 0.0304. The molecule has 0 bridgehead atoms. The number of esters is 1. The van der Waals surface area contributed by atoms with Gasteiger partial charge < -0.3 is 29.9 Å². The van der Waals surface area contributed by atoms with Gasteiger partial charge in [0.15, 0.2) is 15.9 Å². The Labute approximate surface area is 352 Å². The average molecular weight is 835 g/mol. The molecule has 2 heterocycles. The van der Waals surface area contributed by atoms with E-state index in [-0.39, 0.29) is 51.5 Å². The molecule has 12 unspecified atom stereocenters. The highest BCUT2D eigenvalue weighted by atomic mass is 32.2. The van der Waals surface area contributed by atoms with E-state index in [9.17, 15) is 28.2 Å². The van der Waals surface area contributed by atoms with Crippen LogP contribution in [0.5, 0.6) is 0 Å². The van der Waals surface area contributed by atoms with Gasteiger partial charge in [-0.05, 0) is 139 Å². The third-order valence-corrected chi connectivity index (χ3v) is 19.8. The molecule has 4 saturated carbocycles. The zero-order valence-electron chi connectivity index (χ0n) is 36.4. The summed E-state index contributed by atoms with van der Waals surface area (Å²) in [6, 6.07) is 7.61. The molecule has 59 heavy (non-hydrogen) atoms. The van der Waals surface area contributed by atoms with Gasteiger partial charge in [0.05, 0.1) is 23.2 Å². The number of aliphatic hydroxyl groups is 1. The highest BCUT2D eigenvalue weighted by Crippen LogP contribution is 2.76. The standard InChI is InChI=1S/C48H70N2O8S/c1-30(2)34-14-19-48(49-22-23-50-24-26-59(55,56)27-25-50)21-20-46(6)36(41(34)48)12-13-39-45(5)17-15-35(44(3,4)38(45)16-18-47(39,46)7)31-8-10-32(11-9-31)43(54)58-40-29-33(51)28-37(57-40)42(52)53/h8-11,15,33-34,36-41,49,51H,1,12-14,16-29H2,2-7H3,(H,52,53). The molecule has 10 nitrogen and oxygen atoms in total. The molecule has 0 spiro atoms. The van der Waals surface area contributed by atoms with E-state index in [1.165, 1.54) is 62.5 Å².